The first-order valence-electron chi connectivity index (χ1n) is 1.81. The molecule has 0 saturated heterocycles. The fraction of sp³-hybridized carbons (Fsp3) is 0. The molecular weight excluding hydrogens is 146 g/mol. The minimum absolute atomic E-state index is 0. The molecule has 8 heteroatoms. The van der Waals surface area contributed by atoms with Crippen molar-refractivity contribution in [2.75, 3.05) is 0 Å². The molecule has 9 N–H and O–H groups in total. The van der Waals surface area contributed by atoms with Crippen LogP contribution in [0, 0.1) is 0 Å². The van der Waals surface area contributed by atoms with Crippen molar-refractivity contribution in [3.05, 3.63) is 0 Å². The summed E-state index contributed by atoms with van der Waals surface area (Å²) in [6.07, 6.45) is 0. The maximum Gasteiger partial charge on any atom is 0.243 e. The molecule has 0 spiro atoms. The van der Waals surface area contributed by atoms with Crippen LogP contribution in [0.4, 0.5) is 0 Å². The second kappa shape index (κ2) is 7.24. The van der Waals surface area contributed by atoms with Gasteiger partial charge in [0, 0.05) is 0 Å². The van der Waals surface area contributed by atoms with Crippen LogP contribution in [0.3, 0.4) is 0 Å². The van der Waals surface area contributed by atoms with E-state index < -0.39 is 0 Å². The van der Waals surface area contributed by atoms with E-state index >= 15 is 0 Å². The van der Waals surface area contributed by atoms with E-state index in [1.54, 1.807) is 0 Å². The summed E-state index contributed by atoms with van der Waals surface area (Å²) in [6, 6.07) is 0. The van der Waals surface area contributed by atoms with Gasteiger partial charge in [-0.3, -0.25) is 16.7 Å². The number of hydrogen-bond donors (Lipinski definition) is 6. The lowest BCUT2D eigenvalue weighted by molar-refractivity contribution is 0.670. The number of hydrazone groups is 1. The largest absolute Gasteiger partial charge is 0.320 e. The van der Waals surface area contributed by atoms with Gasteiger partial charge in [-0.2, -0.15) is 5.53 Å². The molecule has 0 amide bonds. The Hall–Kier alpha value is -0.760. The molecule has 0 rings (SSSR count). The summed E-state index contributed by atoms with van der Waals surface area (Å²) in [7, 11) is 0. The minimum atomic E-state index is 0. The zero-order valence-corrected chi connectivity index (χ0v) is 5.40. The number of rotatable bonds is 1. The molecule has 7 nitrogen and oxygen atoms in total. The van der Waals surface area contributed by atoms with Gasteiger partial charge in [0.1, 0.15) is 0 Å². The fourth-order valence-corrected chi connectivity index (χ4v) is 0.174. The molecule has 0 bridgehead atoms. The van der Waals surface area contributed by atoms with Crippen molar-refractivity contribution >= 4 is 18.4 Å². The Kier molecular flexibility index (Phi) is 8.92. The van der Waals surface area contributed by atoms with E-state index in [1.165, 1.54) is 0 Å². The first kappa shape index (κ1) is 11.1. The third kappa shape index (κ3) is 5.11. The van der Waals surface area contributed by atoms with Crippen LogP contribution in [0.15, 0.2) is 5.10 Å². The van der Waals surface area contributed by atoms with Crippen molar-refractivity contribution < 1.29 is 0 Å². The van der Waals surface area contributed by atoms with Gasteiger partial charge in [0.2, 0.25) is 5.96 Å². The topological polar surface area (TPSA) is 127 Å². The van der Waals surface area contributed by atoms with Crippen LogP contribution in [0.25, 0.3) is 0 Å². The van der Waals surface area contributed by atoms with E-state index in [4.69, 9.17) is 17.5 Å². The molecule has 0 atom stereocenters. The summed E-state index contributed by atoms with van der Waals surface area (Å²) in [6.45, 7) is 0. The maximum absolute atomic E-state index is 4.85. The summed E-state index contributed by atoms with van der Waals surface area (Å²) in [5.74, 6) is 14.6. The van der Waals surface area contributed by atoms with Crippen LogP contribution >= 0.6 is 12.4 Å². The monoisotopic (exact) mass is 155 g/mol. The number of hydrazine groups is 3. The summed E-state index contributed by atoms with van der Waals surface area (Å²) in [5, 5.41) is 3.12. The molecule has 0 saturated carbocycles. The highest BCUT2D eigenvalue weighted by molar-refractivity contribution is 5.85. The highest BCUT2D eigenvalue weighted by Gasteiger charge is 1.85. The molecule has 0 unspecified atom stereocenters. The quantitative estimate of drug-likeness (QED) is 0.104. The Morgan fingerprint density at radius 2 is 1.89 bits per heavy atom. The fourth-order valence-electron chi connectivity index (χ4n) is 0.174. The van der Waals surface area contributed by atoms with Gasteiger partial charge in [-0.25, -0.2) is 5.84 Å². The number of nitrogens with two attached hydrogens (primary N) is 3. The number of nitrogens with zero attached hydrogens (tertiary/aromatic N) is 1. The second-order valence-electron chi connectivity index (χ2n) is 0.891. The molecule has 0 aromatic carbocycles. The molecule has 0 aliphatic heterocycles. The van der Waals surface area contributed by atoms with E-state index in [0.717, 1.165) is 0 Å². The highest BCUT2D eigenvalue weighted by atomic mass is 35.5. The predicted molar refractivity (Wildman–Crippen MR) is 36.7 cm³/mol. The predicted octanol–water partition coefficient (Wildman–Crippen LogP) is -2.93. The summed E-state index contributed by atoms with van der Waals surface area (Å²) in [5.41, 5.74) is 6.49. The van der Waals surface area contributed by atoms with Crippen molar-refractivity contribution in [1.29, 1.82) is 0 Å². The van der Waals surface area contributed by atoms with E-state index in [1.807, 2.05) is 0 Å². The Morgan fingerprint density at radius 3 is 2.00 bits per heavy atom. The standard InChI is InChI=1S/CH9N7.ClH/c2-5-1(6-3)7-8-4;/h8H,2-4H2,(H2,5,6,7);1H. The SMILES string of the molecule is Cl.N/N=C(\NN)NNN. The highest BCUT2D eigenvalue weighted by Crippen LogP contribution is 1.47. The van der Waals surface area contributed by atoms with Crippen molar-refractivity contribution in [3.8, 4) is 0 Å². The Balaban J connectivity index is 0. The summed E-state index contributed by atoms with van der Waals surface area (Å²) >= 11 is 0. The van der Waals surface area contributed by atoms with Gasteiger partial charge < -0.3 is 5.84 Å². The molecule has 0 radical (unpaired) electrons. The maximum atomic E-state index is 4.85. The van der Waals surface area contributed by atoms with Crippen molar-refractivity contribution in [1.82, 2.24) is 16.4 Å². The van der Waals surface area contributed by atoms with Crippen molar-refractivity contribution in [3.63, 3.8) is 0 Å². The van der Waals surface area contributed by atoms with E-state index in [0.29, 0.717) is 0 Å². The van der Waals surface area contributed by atoms with Crippen LogP contribution in [-0.2, 0) is 0 Å². The van der Waals surface area contributed by atoms with Crippen LogP contribution in [0.5, 0.6) is 0 Å². The minimum Gasteiger partial charge on any atom is -0.320 e. The zero-order chi connectivity index (χ0) is 6.41. The lowest BCUT2D eigenvalue weighted by atomic mass is 11.1. The Morgan fingerprint density at radius 1 is 1.33 bits per heavy atom. The smallest absolute Gasteiger partial charge is 0.243 e. The molecule has 0 fully saturated rings. The van der Waals surface area contributed by atoms with Gasteiger partial charge in [0.15, 0.2) is 0 Å². The zero-order valence-electron chi connectivity index (χ0n) is 4.59. The molecule has 0 heterocycles. The van der Waals surface area contributed by atoms with Gasteiger partial charge in [0.25, 0.3) is 0 Å². The summed E-state index contributed by atoms with van der Waals surface area (Å²) in [4.78, 5) is 0. The number of nitrogens with one attached hydrogen (secondary N) is 3. The lowest BCUT2D eigenvalue weighted by Gasteiger charge is -2.02. The van der Waals surface area contributed by atoms with Crippen molar-refractivity contribution in [2.24, 2.45) is 22.6 Å². The molecular formula is CH10ClN7. The van der Waals surface area contributed by atoms with Crippen LogP contribution < -0.4 is 33.9 Å². The van der Waals surface area contributed by atoms with E-state index in [-0.39, 0.29) is 18.4 Å². The average molecular weight is 156 g/mol. The third-order valence-corrected chi connectivity index (χ3v) is 0.456. The van der Waals surface area contributed by atoms with E-state index in [9.17, 15) is 0 Å². The van der Waals surface area contributed by atoms with Crippen LogP contribution in [0.1, 0.15) is 0 Å². The molecule has 0 aromatic heterocycles. The summed E-state index contributed by atoms with van der Waals surface area (Å²) < 4.78 is 0. The number of guanidine groups is 1. The first-order valence-corrected chi connectivity index (χ1v) is 1.81. The van der Waals surface area contributed by atoms with Gasteiger partial charge in [-0.15, -0.1) is 17.5 Å². The first-order chi connectivity index (χ1) is 3.85. The second-order valence-corrected chi connectivity index (χ2v) is 0.891. The van der Waals surface area contributed by atoms with Crippen LogP contribution in [0.2, 0.25) is 0 Å². The van der Waals surface area contributed by atoms with Gasteiger partial charge in [-0.1, -0.05) is 0 Å². The Bertz CT molecular complexity index is 79.0. The molecule has 9 heavy (non-hydrogen) atoms. The Labute approximate surface area is 58.3 Å². The molecule has 0 aliphatic carbocycles. The van der Waals surface area contributed by atoms with Crippen molar-refractivity contribution in [2.45, 2.75) is 0 Å². The van der Waals surface area contributed by atoms with Gasteiger partial charge in [0.05, 0.1) is 0 Å². The van der Waals surface area contributed by atoms with Gasteiger partial charge in [-0.05, 0) is 0 Å². The number of halogens is 1. The van der Waals surface area contributed by atoms with Gasteiger partial charge >= 0.3 is 0 Å². The lowest BCUT2D eigenvalue weighted by Crippen LogP contribution is -2.51. The normalized spacial score (nSPS) is 9.78. The number of hydrogen-bond acceptors (Lipinski definition) is 5. The van der Waals surface area contributed by atoms with E-state index in [2.05, 4.69) is 21.5 Å². The van der Waals surface area contributed by atoms with Crippen LogP contribution in [-0.4, -0.2) is 5.96 Å². The third-order valence-electron chi connectivity index (χ3n) is 0.456. The molecule has 0 aliphatic rings. The average Bonchev–Trinajstić information content (AvgIpc) is 1.83. The molecule has 56 valence electrons. The molecule has 0 aromatic rings.